The molecule has 2 amide bonds. The van der Waals surface area contributed by atoms with Gasteiger partial charge in [-0.15, -0.1) is 5.10 Å². The Labute approximate surface area is 423 Å². The van der Waals surface area contributed by atoms with E-state index in [1.165, 1.54) is 57.6 Å². The van der Waals surface area contributed by atoms with Gasteiger partial charge in [-0.2, -0.15) is 15.3 Å². The third kappa shape index (κ3) is 7.78. The summed E-state index contributed by atoms with van der Waals surface area (Å²) in [4.78, 5) is 36.6. The number of nitrogens with zero attached hydrogens (tertiary/aromatic N) is 7. The molecule has 3 fully saturated rings. The Morgan fingerprint density at radius 2 is 1.28 bits per heavy atom. The number of aromatic nitrogens is 7. The van der Waals surface area contributed by atoms with Crippen LogP contribution in [0.15, 0.2) is 85.3 Å². The first-order valence-corrected chi connectivity index (χ1v) is 27.2. The minimum Gasteiger partial charge on any atom is -0.368 e. The predicted molar refractivity (Wildman–Crippen MR) is 279 cm³/mol. The van der Waals surface area contributed by atoms with Crippen LogP contribution in [-0.2, 0) is 39.7 Å². The number of anilines is 3. The van der Waals surface area contributed by atoms with Gasteiger partial charge in [-0.3, -0.25) is 19.8 Å². The number of aromatic amines is 2. The van der Waals surface area contributed by atoms with E-state index in [1.54, 1.807) is 5.56 Å². The van der Waals surface area contributed by atoms with Crippen LogP contribution < -0.4 is 15.5 Å². The van der Waals surface area contributed by atoms with Crippen molar-refractivity contribution in [2.75, 3.05) is 48.8 Å². The summed E-state index contributed by atoms with van der Waals surface area (Å²) in [5.41, 5.74) is 14.3. The normalized spacial score (nSPS) is 29.9. The number of carbonyl (C=O) groups excluding carboxylic acids is 2. The third-order valence-corrected chi connectivity index (χ3v) is 19.6. The lowest BCUT2D eigenvalue weighted by Crippen LogP contribution is -2.44. The molecule has 6 aliphatic carbocycles. The van der Waals surface area contributed by atoms with E-state index in [4.69, 9.17) is 10.2 Å². The summed E-state index contributed by atoms with van der Waals surface area (Å²) in [6.07, 6.45) is 18.3. The van der Waals surface area contributed by atoms with E-state index in [1.807, 2.05) is 24.4 Å². The molecule has 7 aliphatic rings. The zero-order valence-corrected chi connectivity index (χ0v) is 42.2. The topological polar surface area (TPSA) is 161 Å². The zero-order chi connectivity index (χ0) is 48.7. The molecule has 372 valence electrons. The standard InChI is InChI=1S/C59H69N11O2/c1-58-24-22-41-40-7-5-4-6-36(40)10-14-43(41)54(58)45(48-33-61-67-56(48)58)17-21-53(72)64-51-18-12-38(65-66-51)30-35-8-9-37-11-15-44-42(47(37)31-35)23-25-59(2)55(44)46(49-34-62-68-57(49)59)16-20-52(71)63-50-19-13-39(32-60-50)70-28-26-69(3)27-29-70/h4-9,12-13,18-19,31-34,41-46,54-55H,10-11,14-17,20-30H2,1-3H3,(H,61,67)(H,62,68)(H,60,63,71)(H,64,66,72)/t41?,42?,43?,44?,45-,46-,54?,55?,58+,59+/m1/s1. The molecule has 4 N–H and O–H groups in total. The number of fused-ring (bicyclic) bond motifs is 14. The number of amides is 2. The maximum absolute atomic E-state index is 13.7. The lowest BCUT2D eigenvalue weighted by Gasteiger charge is -2.50. The highest BCUT2D eigenvalue weighted by molar-refractivity contribution is 5.90. The second-order valence-corrected chi connectivity index (χ2v) is 23.4. The van der Waals surface area contributed by atoms with Gasteiger partial charge in [0.15, 0.2) is 5.82 Å². The lowest BCUT2D eigenvalue weighted by molar-refractivity contribution is -0.117. The van der Waals surface area contributed by atoms with Gasteiger partial charge in [-0.25, -0.2) is 4.98 Å². The van der Waals surface area contributed by atoms with E-state index in [2.05, 4.69) is 128 Å². The van der Waals surface area contributed by atoms with Crippen LogP contribution in [0.1, 0.15) is 158 Å². The van der Waals surface area contributed by atoms with Crippen molar-refractivity contribution < 1.29 is 9.59 Å². The van der Waals surface area contributed by atoms with E-state index >= 15 is 0 Å². The summed E-state index contributed by atoms with van der Waals surface area (Å²) in [6, 6.07) is 24.1. The fraction of sp³-hybridized carbons (Fsp3) is 0.508. The summed E-state index contributed by atoms with van der Waals surface area (Å²) < 4.78 is 0. The predicted octanol–water partition coefficient (Wildman–Crippen LogP) is 9.72. The van der Waals surface area contributed by atoms with Crippen molar-refractivity contribution in [1.82, 2.24) is 40.5 Å². The highest BCUT2D eigenvalue weighted by Crippen LogP contribution is 2.66. The fourth-order valence-electron chi connectivity index (χ4n) is 16.3. The smallest absolute Gasteiger partial charge is 0.225 e. The molecule has 0 spiro atoms. The van der Waals surface area contributed by atoms with Crippen LogP contribution in [0.2, 0.25) is 0 Å². The second kappa shape index (κ2) is 18.1. The molecule has 2 aromatic carbocycles. The molecule has 0 bridgehead atoms. The van der Waals surface area contributed by atoms with Gasteiger partial charge in [0.05, 0.1) is 29.0 Å². The van der Waals surface area contributed by atoms with Gasteiger partial charge in [0, 0.05) is 68.7 Å². The molecule has 0 radical (unpaired) electrons. The monoisotopic (exact) mass is 964 g/mol. The number of hydrogen-bond acceptors (Lipinski definition) is 9. The van der Waals surface area contributed by atoms with Gasteiger partial charge in [-0.05, 0) is 182 Å². The van der Waals surface area contributed by atoms with Crippen molar-refractivity contribution in [3.05, 3.63) is 141 Å². The first kappa shape index (κ1) is 45.6. The number of rotatable bonds is 11. The van der Waals surface area contributed by atoms with Crippen molar-refractivity contribution in [2.45, 2.75) is 132 Å². The third-order valence-electron chi connectivity index (χ3n) is 19.6. The van der Waals surface area contributed by atoms with Crippen molar-refractivity contribution in [3.8, 4) is 0 Å². The molecule has 6 aromatic rings. The highest BCUT2D eigenvalue weighted by atomic mass is 16.2. The number of H-pyrrole nitrogens is 2. The molecule has 6 unspecified atom stereocenters. The molecule has 1 saturated heterocycles. The molecule has 13 nitrogen and oxygen atoms in total. The summed E-state index contributed by atoms with van der Waals surface area (Å²) >= 11 is 0. The van der Waals surface area contributed by atoms with E-state index < -0.39 is 0 Å². The average Bonchev–Trinajstić information content (AvgIpc) is 4.19. The Morgan fingerprint density at radius 3 is 1.90 bits per heavy atom. The van der Waals surface area contributed by atoms with Gasteiger partial charge in [0.25, 0.3) is 0 Å². The Hall–Kier alpha value is -6.21. The zero-order valence-electron chi connectivity index (χ0n) is 42.2. The summed E-state index contributed by atoms with van der Waals surface area (Å²) in [7, 11) is 2.16. The van der Waals surface area contributed by atoms with Crippen LogP contribution in [0.5, 0.6) is 0 Å². The van der Waals surface area contributed by atoms with Crippen LogP contribution in [-0.4, -0.2) is 85.5 Å². The van der Waals surface area contributed by atoms with Crippen LogP contribution in [0.3, 0.4) is 0 Å². The van der Waals surface area contributed by atoms with Gasteiger partial charge < -0.3 is 20.4 Å². The largest absolute Gasteiger partial charge is 0.368 e. The van der Waals surface area contributed by atoms with Crippen LogP contribution in [0, 0.1) is 23.7 Å². The second-order valence-electron chi connectivity index (χ2n) is 23.4. The van der Waals surface area contributed by atoms with Crippen LogP contribution >= 0.6 is 0 Å². The van der Waals surface area contributed by atoms with Gasteiger partial charge in [0.2, 0.25) is 11.8 Å². The van der Waals surface area contributed by atoms with Crippen LogP contribution in [0.4, 0.5) is 17.3 Å². The van der Waals surface area contributed by atoms with Crippen LogP contribution in [0.25, 0.3) is 0 Å². The molecule has 4 aromatic heterocycles. The van der Waals surface area contributed by atoms with E-state index in [-0.39, 0.29) is 28.6 Å². The number of benzene rings is 2. The van der Waals surface area contributed by atoms with E-state index in [0.717, 1.165) is 88.9 Å². The number of hydrogen-bond donors (Lipinski definition) is 4. The van der Waals surface area contributed by atoms with E-state index in [0.29, 0.717) is 72.3 Å². The summed E-state index contributed by atoms with van der Waals surface area (Å²) in [6.45, 7) is 8.93. The van der Waals surface area contributed by atoms with Gasteiger partial charge in [0.1, 0.15) is 5.82 Å². The Bertz CT molecular complexity index is 2990. The molecule has 10 atom stereocenters. The highest BCUT2D eigenvalue weighted by Gasteiger charge is 2.59. The molecular formula is C59H69N11O2. The lowest BCUT2D eigenvalue weighted by atomic mass is 9.53. The molecular weight excluding hydrogens is 895 g/mol. The quantitative estimate of drug-likeness (QED) is 0.0992. The minimum atomic E-state index is -0.0249. The van der Waals surface area contributed by atoms with Gasteiger partial charge in [-0.1, -0.05) is 56.3 Å². The SMILES string of the molecule is CN1CCN(c2ccc(NC(=O)CC[C@@H]3c4c[nH]nc4[C@@]4(C)CCC5c6cc(Cc7ccc(NC(=O)CC[C@@H]8c9c[nH]nc9[C@@]9(C)CCC%10c%11ccccc%11CCC%10C89)nn7)ccc6CCC5C34)nc2)CC1. The molecule has 1 aliphatic heterocycles. The molecule has 13 heteroatoms. The number of likely N-dealkylation sites (N-methyl/N-ethyl adjacent to an activating group) is 1. The molecule has 2 saturated carbocycles. The van der Waals surface area contributed by atoms with Crippen molar-refractivity contribution in [3.63, 3.8) is 0 Å². The number of carbonyl (C=O) groups is 2. The average molecular weight is 964 g/mol. The number of aryl methyl sites for hydroxylation is 2. The number of pyridine rings is 1. The molecule has 5 heterocycles. The summed E-state index contributed by atoms with van der Waals surface area (Å²) in [5, 5.41) is 31.6. The fourth-order valence-corrected chi connectivity index (χ4v) is 16.3. The maximum Gasteiger partial charge on any atom is 0.225 e. The molecule has 13 rings (SSSR count). The summed E-state index contributed by atoms with van der Waals surface area (Å²) in [5.74, 6) is 4.70. The van der Waals surface area contributed by atoms with Gasteiger partial charge >= 0.3 is 0 Å². The Morgan fingerprint density at radius 1 is 0.667 bits per heavy atom. The van der Waals surface area contributed by atoms with Crippen molar-refractivity contribution in [1.29, 1.82) is 0 Å². The Kier molecular flexibility index (Phi) is 11.5. The van der Waals surface area contributed by atoms with E-state index in [9.17, 15) is 9.59 Å². The number of piperazine rings is 1. The maximum atomic E-state index is 13.7. The van der Waals surface area contributed by atoms with Crippen molar-refractivity contribution in [2.24, 2.45) is 23.7 Å². The Balaban J connectivity index is 0.647. The minimum absolute atomic E-state index is 0.0133. The van der Waals surface area contributed by atoms with Crippen molar-refractivity contribution >= 4 is 29.1 Å². The molecule has 72 heavy (non-hydrogen) atoms. The first-order valence-electron chi connectivity index (χ1n) is 27.2. The number of nitrogens with one attached hydrogen (secondary N) is 4. The first-order chi connectivity index (χ1) is 35.1.